The van der Waals surface area contributed by atoms with Crippen LogP contribution in [0.5, 0.6) is 11.8 Å². The van der Waals surface area contributed by atoms with Crippen LogP contribution in [0.3, 0.4) is 0 Å². The van der Waals surface area contributed by atoms with Crippen LogP contribution < -0.4 is 20.5 Å². The van der Waals surface area contributed by atoms with Crippen LogP contribution in [0.4, 0.5) is 16.0 Å². The van der Waals surface area contributed by atoms with Gasteiger partial charge in [0.1, 0.15) is 5.82 Å². The third kappa shape index (κ3) is 3.56. The first-order chi connectivity index (χ1) is 10.0. The van der Waals surface area contributed by atoms with Gasteiger partial charge in [-0.25, -0.2) is 4.39 Å². The van der Waals surface area contributed by atoms with E-state index < -0.39 is 11.7 Å². The zero-order chi connectivity index (χ0) is 15.4. The summed E-state index contributed by atoms with van der Waals surface area (Å²) in [6, 6.07) is 4.97. The normalized spacial score (nSPS) is 10.0. The number of aromatic nitrogens is 2. The number of carbonyl (C=O) groups excluding carboxylic acids is 1. The molecule has 0 saturated carbocycles. The monoisotopic (exact) mass is 292 g/mol. The fraction of sp³-hybridized carbons (Fsp3) is 0.154. The van der Waals surface area contributed by atoms with Gasteiger partial charge in [-0.1, -0.05) is 0 Å². The van der Waals surface area contributed by atoms with Gasteiger partial charge in [0.15, 0.2) is 0 Å². The lowest BCUT2D eigenvalue weighted by atomic mass is 10.2. The highest BCUT2D eigenvalue weighted by atomic mass is 19.1. The Morgan fingerprint density at radius 3 is 2.29 bits per heavy atom. The molecule has 3 N–H and O–H groups in total. The van der Waals surface area contributed by atoms with Crippen LogP contribution in [-0.2, 0) is 0 Å². The van der Waals surface area contributed by atoms with Gasteiger partial charge in [-0.2, -0.15) is 9.97 Å². The fourth-order valence-electron chi connectivity index (χ4n) is 1.59. The summed E-state index contributed by atoms with van der Waals surface area (Å²) in [6.07, 6.45) is 0. The number of ether oxygens (including phenoxy) is 2. The van der Waals surface area contributed by atoms with Gasteiger partial charge >= 0.3 is 0 Å². The largest absolute Gasteiger partial charge is 0.481 e. The number of nitrogen functional groups attached to an aromatic ring is 1. The molecule has 1 heterocycles. The maximum Gasteiger partial charge on any atom is 0.258 e. The van der Waals surface area contributed by atoms with Crippen molar-refractivity contribution in [1.29, 1.82) is 0 Å². The Labute approximate surface area is 119 Å². The van der Waals surface area contributed by atoms with Crippen LogP contribution in [0.15, 0.2) is 24.3 Å². The van der Waals surface area contributed by atoms with Gasteiger partial charge in [0.05, 0.1) is 20.3 Å². The zero-order valence-corrected chi connectivity index (χ0v) is 11.4. The molecule has 110 valence electrons. The highest BCUT2D eigenvalue weighted by Crippen LogP contribution is 2.18. The number of nitrogens with two attached hydrogens (primary N) is 1. The number of anilines is 2. The Kier molecular flexibility index (Phi) is 4.17. The van der Waals surface area contributed by atoms with Crippen LogP contribution in [0.1, 0.15) is 10.4 Å². The second-order valence-corrected chi connectivity index (χ2v) is 4.00. The van der Waals surface area contributed by atoms with Gasteiger partial charge in [0, 0.05) is 11.3 Å². The maximum atomic E-state index is 13.2. The molecule has 0 saturated heterocycles. The first-order valence-corrected chi connectivity index (χ1v) is 5.86. The van der Waals surface area contributed by atoms with Gasteiger partial charge in [-0.3, -0.25) is 10.1 Å². The predicted molar refractivity (Wildman–Crippen MR) is 73.9 cm³/mol. The molecule has 0 fully saturated rings. The Morgan fingerprint density at radius 2 is 1.76 bits per heavy atom. The summed E-state index contributed by atoms with van der Waals surface area (Å²) in [5, 5.41) is 2.42. The summed E-state index contributed by atoms with van der Waals surface area (Å²) in [4.78, 5) is 19.9. The number of rotatable bonds is 4. The van der Waals surface area contributed by atoms with Gasteiger partial charge in [0.25, 0.3) is 5.91 Å². The number of hydrogen-bond acceptors (Lipinski definition) is 6. The SMILES string of the molecule is COc1cc(OC)nc(NC(=O)c2cc(N)cc(F)c2)n1. The van der Waals surface area contributed by atoms with Crippen LogP contribution >= 0.6 is 0 Å². The van der Waals surface area contributed by atoms with Crippen molar-refractivity contribution in [2.75, 3.05) is 25.3 Å². The summed E-state index contributed by atoms with van der Waals surface area (Å²) in [5.74, 6) is -0.799. The summed E-state index contributed by atoms with van der Waals surface area (Å²) >= 11 is 0. The van der Waals surface area contributed by atoms with E-state index in [4.69, 9.17) is 15.2 Å². The Bertz CT molecular complexity index is 636. The van der Waals surface area contributed by atoms with E-state index in [2.05, 4.69) is 15.3 Å². The molecule has 2 aromatic rings. The van der Waals surface area contributed by atoms with Crippen molar-refractivity contribution in [2.45, 2.75) is 0 Å². The molecule has 1 aromatic heterocycles. The molecular weight excluding hydrogens is 279 g/mol. The minimum atomic E-state index is -0.607. The molecule has 0 aliphatic carbocycles. The number of carbonyl (C=O) groups is 1. The fourth-order valence-corrected chi connectivity index (χ4v) is 1.59. The van der Waals surface area contributed by atoms with Gasteiger partial charge < -0.3 is 15.2 Å². The van der Waals surface area contributed by atoms with Gasteiger partial charge in [-0.05, 0) is 18.2 Å². The average Bonchev–Trinajstić information content (AvgIpc) is 2.45. The van der Waals surface area contributed by atoms with Crippen molar-refractivity contribution < 1.29 is 18.7 Å². The van der Waals surface area contributed by atoms with Crippen molar-refractivity contribution in [3.05, 3.63) is 35.6 Å². The van der Waals surface area contributed by atoms with Crippen LogP contribution in [0.25, 0.3) is 0 Å². The zero-order valence-electron chi connectivity index (χ0n) is 11.4. The highest BCUT2D eigenvalue weighted by molar-refractivity contribution is 6.03. The molecule has 0 spiro atoms. The number of nitrogens with one attached hydrogen (secondary N) is 1. The van der Waals surface area contributed by atoms with E-state index in [9.17, 15) is 9.18 Å². The average molecular weight is 292 g/mol. The first-order valence-electron chi connectivity index (χ1n) is 5.86. The molecule has 21 heavy (non-hydrogen) atoms. The number of hydrogen-bond donors (Lipinski definition) is 2. The number of nitrogens with zero attached hydrogens (tertiary/aromatic N) is 2. The summed E-state index contributed by atoms with van der Waals surface area (Å²) in [6.45, 7) is 0. The van der Waals surface area contributed by atoms with E-state index in [1.807, 2.05) is 0 Å². The molecule has 0 atom stereocenters. The minimum absolute atomic E-state index is 0.0287. The number of methoxy groups -OCH3 is 2. The first kappa shape index (κ1) is 14.5. The molecule has 1 amide bonds. The summed E-state index contributed by atoms with van der Waals surface area (Å²) < 4.78 is 23.2. The number of halogens is 1. The lowest BCUT2D eigenvalue weighted by Gasteiger charge is -2.08. The van der Waals surface area contributed by atoms with Crippen molar-refractivity contribution >= 4 is 17.5 Å². The summed E-state index contributed by atoms with van der Waals surface area (Å²) in [5.41, 5.74) is 5.69. The lowest BCUT2D eigenvalue weighted by Crippen LogP contribution is -2.15. The molecule has 0 aliphatic heterocycles. The van der Waals surface area contributed by atoms with Crippen molar-refractivity contribution in [3.8, 4) is 11.8 Å². The number of amides is 1. The minimum Gasteiger partial charge on any atom is -0.481 e. The van der Waals surface area contributed by atoms with E-state index in [0.717, 1.165) is 12.1 Å². The standard InChI is InChI=1S/C13H13FN4O3/c1-20-10-6-11(21-2)17-13(16-10)18-12(19)7-3-8(14)5-9(15)4-7/h3-6H,15H2,1-2H3,(H,16,17,18,19). The molecule has 8 heteroatoms. The van der Waals surface area contributed by atoms with E-state index >= 15 is 0 Å². The Morgan fingerprint density at radius 1 is 1.14 bits per heavy atom. The molecule has 1 aromatic carbocycles. The molecule has 0 unspecified atom stereocenters. The lowest BCUT2D eigenvalue weighted by molar-refractivity contribution is 0.102. The van der Waals surface area contributed by atoms with Crippen molar-refractivity contribution in [2.24, 2.45) is 0 Å². The summed E-state index contributed by atoms with van der Waals surface area (Å²) in [7, 11) is 2.83. The Balaban J connectivity index is 2.26. The van der Waals surface area contributed by atoms with E-state index in [1.54, 1.807) is 0 Å². The second kappa shape index (κ2) is 6.04. The van der Waals surface area contributed by atoms with Gasteiger partial charge in [-0.15, -0.1) is 0 Å². The van der Waals surface area contributed by atoms with Crippen LogP contribution in [0.2, 0.25) is 0 Å². The predicted octanol–water partition coefficient (Wildman–Crippen LogP) is 1.47. The van der Waals surface area contributed by atoms with Crippen molar-refractivity contribution in [1.82, 2.24) is 9.97 Å². The van der Waals surface area contributed by atoms with Crippen LogP contribution in [0, 0.1) is 5.82 Å². The van der Waals surface area contributed by atoms with E-state index in [1.165, 1.54) is 26.4 Å². The molecule has 2 rings (SSSR count). The molecule has 7 nitrogen and oxygen atoms in total. The second-order valence-electron chi connectivity index (χ2n) is 4.00. The Hall–Kier alpha value is -2.90. The van der Waals surface area contributed by atoms with Crippen molar-refractivity contribution in [3.63, 3.8) is 0 Å². The smallest absolute Gasteiger partial charge is 0.258 e. The van der Waals surface area contributed by atoms with E-state index in [0.29, 0.717) is 0 Å². The van der Waals surface area contributed by atoms with Crippen LogP contribution in [-0.4, -0.2) is 30.1 Å². The molecular formula is C13H13FN4O3. The van der Waals surface area contributed by atoms with E-state index in [-0.39, 0.29) is 29.0 Å². The quantitative estimate of drug-likeness (QED) is 0.828. The third-order valence-electron chi connectivity index (χ3n) is 2.51. The molecule has 0 aliphatic rings. The highest BCUT2D eigenvalue weighted by Gasteiger charge is 2.12. The maximum absolute atomic E-state index is 13.2. The number of benzene rings is 1. The third-order valence-corrected chi connectivity index (χ3v) is 2.51. The topological polar surface area (TPSA) is 99.4 Å². The van der Waals surface area contributed by atoms with Gasteiger partial charge in [0.2, 0.25) is 17.7 Å². The molecule has 0 radical (unpaired) electrons. The molecule has 0 bridgehead atoms.